The molecular weight excluding hydrogens is 492 g/mol. The maximum atomic E-state index is 13.4. The third-order valence-electron chi connectivity index (χ3n) is 7.68. The molecule has 1 aliphatic heterocycles. The number of rotatable bonds is 10. The third kappa shape index (κ3) is 6.41. The van der Waals surface area contributed by atoms with Crippen molar-refractivity contribution in [3.05, 3.63) is 108 Å². The average Bonchev–Trinajstić information content (AvgIpc) is 2.96. The van der Waals surface area contributed by atoms with Gasteiger partial charge in [-0.2, -0.15) is 5.26 Å². The van der Waals surface area contributed by atoms with E-state index in [0.717, 1.165) is 62.0 Å². The zero-order valence-corrected chi connectivity index (χ0v) is 23.3. The van der Waals surface area contributed by atoms with E-state index in [-0.39, 0.29) is 27.7 Å². The zero-order valence-electron chi connectivity index (χ0n) is 21.7. The van der Waals surface area contributed by atoms with Crippen LogP contribution in [0.3, 0.4) is 0 Å². The Bertz CT molecular complexity index is 1100. The Hall–Kier alpha value is -2.71. The second-order valence-electron chi connectivity index (χ2n) is 9.78. The number of carbonyl (C=O) groups excluding carboxylic acids is 1. The molecule has 1 heterocycles. The van der Waals surface area contributed by atoms with Crippen molar-refractivity contribution in [2.24, 2.45) is 0 Å². The van der Waals surface area contributed by atoms with Crippen LogP contribution < -0.4 is 0 Å². The summed E-state index contributed by atoms with van der Waals surface area (Å²) in [6.07, 6.45) is 4.02. The molecule has 1 fully saturated rings. The molecule has 3 aromatic rings. The smallest absolute Gasteiger partial charge is 0.316 e. The summed E-state index contributed by atoms with van der Waals surface area (Å²) in [5, 5.41) is 10.5. The predicted octanol–water partition coefficient (Wildman–Crippen LogP) is 6.26. The summed E-state index contributed by atoms with van der Waals surface area (Å²) in [6, 6.07) is 33.0. The van der Waals surface area contributed by atoms with Crippen LogP contribution in [0.5, 0.6) is 0 Å². The van der Waals surface area contributed by atoms with Gasteiger partial charge in [-0.25, -0.2) is 0 Å². The fourth-order valence-corrected chi connectivity index (χ4v) is 5.39. The summed E-state index contributed by atoms with van der Waals surface area (Å²) in [5.41, 5.74) is 1.78. The number of unbranched alkanes of at least 4 members (excludes halogenated alkanes) is 1. The summed E-state index contributed by atoms with van der Waals surface area (Å²) in [4.78, 5) is 15.8. The Labute approximate surface area is 236 Å². The largest absolute Gasteiger partial charge is 0.465 e. The molecule has 190 valence electrons. The fraction of sp³-hybridized carbons (Fsp3) is 0.375. The van der Waals surface area contributed by atoms with Crippen molar-refractivity contribution >= 4 is 5.97 Å². The van der Waals surface area contributed by atoms with Gasteiger partial charge in [-0.1, -0.05) is 104 Å². The summed E-state index contributed by atoms with van der Waals surface area (Å²) in [7, 11) is 0. The molecule has 4 rings (SSSR count). The van der Waals surface area contributed by atoms with Crippen LogP contribution in [-0.4, -0.2) is 37.1 Å². The number of nitriles is 1. The molecule has 0 unspecified atom stereocenters. The van der Waals surface area contributed by atoms with Crippen LogP contribution in [0.2, 0.25) is 0 Å². The Morgan fingerprint density at radius 2 is 1.43 bits per heavy atom. The molecule has 0 atom stereocenters. The van der Waals surface area contributed by atoms with Gasteiger partial charge < -0.3 is 9.64 Å². The Morgan fingerprint density at radius 3 is 1.92 bits per heavy atom. The molecular formula is C32H36N2O2Ti. The number of hydrogen-bond acceptors (Lipinski definition) is 4. The number of piperidine rings is 1. The molecule has 3 aromatic carbocycles. The van der Waals surface area contributed by atoms with Gasteiger partial charge in [0.2, 0.25) is 0 Å². The van der Waals surface area contributed by atoms with Crippen molar-refractivity contribution in [3.63, 3.8) is 0 Å². The molecule has 5 heteroatoms. The molecule has 0 amide bonds. The standard InChI is InChI=1S/C32H36N2O2.Ti/c1-2-3-25-36-30(35)31(27-13-7-4-8-14-27)19-22-34(23-20-31)24-21-32(26-33,28-15-9-5-10-16-28)29-17-11-6-12-18-29;/h4-18H,2-3,19-25H2,1H3;. The van der Waals surface area contributed by atoms with Crippen molar-refractivity contribution in [1.29, 1.82) is 5.26 Å². The maximum Gasteiger partial charge on any atom is 0.316 e. The first-order valence-corrected chi connectivity index (χ1v) is 13.1. The molecule has 0 spiro atoms. The molecule has 0 saturated carbocycles. The molecule has 1 aliphatic rings. The van der Waals surface area contributed by atoms with E-state index in [1.165, 1.54) is 0 Å². The number of likely N-dealkylation sites (tertiary alicyclic amines) is 1. The van der Waals surface area contributed by atoms with Gasteiger partial charge in [0, 0.05) is 28.3 Å². The summed E-state index contributed by atoms with van der Waals surface area (Å²) < 4.78 is 5.76. The van der Waals surface area contributed by atoms with E-state index >= 15 is 0 Å². The van der Waals surface area contributed by atoms with Crippen LogP contribution >= 0.6 is 0 Å². The molecule has 0 N–H and O–H groups in total. The number of ether oxygens (including phenoxy) is 1. The molecule has 0 bridgehead atoms. The average molecular weight is 529 g/mol. The van der Waals surface area contributed by atoms with Crippen LogP contribution in [-0.2, 0) is 42.1 Å². The first kappa shape index (κ1) is 28.9. The number of hydrogen-bond donors (Lipinski definition) is 0. The SMILES string of the molecule is CCCCOC(=O)C1(c2ccccc2)CCN(CCC(C#N)(c2ccccc2)c2ccccc2)CC1.[Ti]. The zero-order chi connectivity index (χ0) is 25.3. The van der Waals surface area contributed by atoms with E-state index in [0.29, 0.717) is 13.0 Å². The van der Waals surface area contributed by atoms with Gasteiger partial charge in [-0.3, -0.25) is 4.79 Å². The van der Waals surface area contributed by atoms with Crippen molar-refractivity contribution < 1.29 is 31.2 Å². The maximum absolute atomic E-state index is 13.4. The second kappa shape index (κ2) is 13.7. The monoisotopic (exact) mass is 528 g/mol. The number of nitrogens with zero attached hydrogens (tertiary/aromatic N) is 2. The minimum absolute atomic E-state index is 0. The predicted molar refractivity (Wildman–Crippen MR) is 144 cm³/mol. The molecule has 0 aromatic heterocycles. The summed E-state index contributed by atoms with van der Waals surface area (Å²) in [6.45, 7) is 4.96. The van der Waals surface area contributed by atoms with Crippen molar-refractivity contribution in [2.45, 2.75) is 49.9 Å². The Kier molecular flexibility index (Phi) is 10.7. The van der Waals surface area contributed by atoms with E-state index < -0.39 is 10.8 Å². The van der Waals surface area contributed by atoms with Gasteiger partial charge in [0.25, 0.3) is 0 Å². The van der Waals surface area contributed by atoms with Crippen LogP contribution in [0.25, 0.3) is 0 Å². The summed E-state index contributed by atoms with van der Waals surface area (Å²) >= 11 is 0. The topological polar surface area (TPSA) is 53.3 Å². The van der Waals surface area contributed by atoms with Crippen LogP contribution in [0.15, 0.2) is 91.0 Å². The van der Waals surface area contributed by atoms with Gasteiger partial charge in [0.15, 0.2) is 0 Å². The van der Waals surface area contributed by atoms with E-state index in [9.17, 15) is 10.1 Å². The van der Waals surface area contributed by atoms with Gasteiger partial charge in [-0.05, 0) is 55.5 Å². The second-order valence-corrected chi connectivity index (χ2v) is 9.78. The summed E-state index contributed by atoms with van der Waals surface area (Å²) in [5.74, 6) is -0.0956. The van der Waals surface area contributed by atoms with Crippen molar-refractivity contribution in [2.75, 3.05) is 26.2 Å². The van der Waals surface area contributed by atoms with Gasteiger partial charge >= 0.3 is 5.97 Å². The van der Waals surface area contributed by atoms with Crippen molar-refractivity contribution in [3.8, 4) is 6.07 Å². The molecule has 1 saturated heterocycles. The molecule has 0 radical (unpaired) electrons. The minimum Gasteiger partial charge on any atom is -0.465 e. The van der Waals surface area contributed by atoms with Crippen LogP contribution in [0.1, 0.15) is 55.7 Å². The number of carbonyl (C=O) groups is 1. The molecule has 37 heavy (non-hydrogen) atoms. The first-order chi connectivity index (χ1) is 17.6. The van der Waals surface area contributed by atoms with Crippen LogP contribution in [0.4, 0.5) is 0 Å². The van der Waals surface area contributed by atoms with Crippen LogP contribution in [0, 0.1) is 11.3 Å². The third-order valence-corrected chi connectivity index (χ3v) is 7.68. The van der Waals surface area contributed by atoms with Gasteiger partial charge in [-0.15, -0.1) is 0 Å². The minimum atomic E-state index is -0.713. The fourth-order valence-electron chi connectivity index (χ4n) is 5.39. The first-order valence-electron chi connectivity index (χ1n) is 13.1. The molecule has 0 aliphatic carbocycles. The van der Waals surface area contributed by atoms with Crippen molar-refractivity contribution in [1.82, 2.24) is 4.90 Å². The van der Waals surface area contributed by atoms with E-state index in [1.807, 2.05) is 54.6 Å². The quantitative estimate of drug-likeness (QED) is 0.177. The van der Waals surface area contributed by atoms with E-state index in [4.69, 9.17) is 4.74 Å². The Morgan fingerprint density at radius 1 is 0.919 bits per heavy atom. The normalized spacial score (nSPS) is 15.2. The number of esters is 1. The van der Waals surface area contributed by atoms with Gasteiger partial charge in [0.05, 0.1) is 18.1 Å². The van der Waals surface area contributed by atoms with E-state index in [1.54, 1.807) is 0 Å². The van der Waals surface area contributed by atoms with E-state index in [2.05, 4.69) is 54.3 Å². The Balaban J connectivity index is 0.00000380. The number of benzene rings is 3. The van der Waals surface area contributed by atoms with Gasteiger partial charge in [0.1, 0.15) is 5.41 Å². The molecule has 4 nitrogen and oxygen atoms in total.